The van der Waals surface area contributed by atoms with Crippen molar-refractivity contribution in [3.05, 3.63) is 12.4 Å². The second-order valence-corrected chi connectivity index (χ2v) is 5.84. The first kappa shape index (κ1) is 15.9. The molecular weight excluding hydrogens is 268 g/mol. The predicted octanol–water partition coefficient (Wildman–Crippen LogP) is -0.191. The van der Waals surface area contributed by atoms with Gasteiger partial charge in [-0.25, -0.2) is 0 Å². The minimum Gasteiger partial charge on any atom is -0.353 e. The Labute approximate surface area is 126 Å². The van der Waals surface area contributed by atoms with Crippen LogP contribution in [0.1, 0.15) is 20.8 Å². The van der Waals surface area contributed by atoms with E-state index in [0.29, 0.717) is 0 Å². The van der Waals surface area contributed by atoms with Gasteiger partial charge in [-0.3, -0.25) is 14.6 Å². The van der Waals surface area contributed by atoms with Crippen LogP contribution in [0.2, 0.25) is 0 Å². The van der Waals surface area contributed by atoms with E-state index in [-0.39, 0.29) is 18.0 Å². The van der Waals surface area contributed by atoms with Crippen molar-refractivity contribution in [3.63, 3.8) is 0 Å². The Kier molecular flexibility index (Phi) is 5.69. The summed E-state index contributed by atoms with van der Waals surface area (Å²) in [6.45, 7) is 11.6. The molecule has 1 amide bonds. The van der Waals surface area contributed by atoms with Gasteiger partial charge in [0.1, 0.15) is 0 Å². The number of nitrogens with zero attached hydrogens (tertiary/aromatic N) is 5. The number of nitrogens with one attached hydrogen (secondary N) is 1. The molecule has 0 bridgehead atoms. The fraction of sp³-hybridized carbons (Fsp3) is 0.786. The zero-order chi connectivity index (χ0) is 15.2. The molecule has 1 N–H and O–H groups in total. The van der Waals surface area contributed by atoms with E-state index >= 15 is 0 Å². The molecule has 0 aliphatic carbocycles. The second-order valence-electron chi connectivity index (χ2n) is 5.84. The highest BCUT2D eigenvalue weighted by molar-refractivity contribution is 5.81. The number of piperazine rings is 1. The number of hydrogen-bond donors (Lipinski definition) is 1. The molecule has 0 radical (unpaired) electrons. The van der Waals surface area contributed by atoms with Gasteiger partial charge in [0.15, 0.2) is 0 Å². The Hall–Kier alpha value is -1.47. The van der Waals surface area contributed by atoms with Crippen LogP contribution < -0.4 is 5.32 Å². The van der Waals surface area contributed by atoms with E-state index in [1.165, 1.54) is 0 Å². The Morgan fingerprint density at radius 1 is 1.10 bits per heavy atom. The minimum atomic E-state index is -0.0534. The molecule has 21 heavy (non-hydrogen) atoms. The Morgan fingerprint density at radius 3 is 2.29 bits per heavy atom. The van der Waals surface area contributed by atoms with Crippen molar-refractivity contribution >= 4 is 5.91 Å². The normalized spacial score (nSPS) is 18.9. The van der Waals surface area contributed by atoms with E-state index in [1.54, 1.807) is 17.2 Å². The van der Waals surface area contributed by atoms with E-state index in [9.17, 15) is 4.79 Å². The molecular formula is C14H26N6O. The zero-order valence-corrected chi connectivity index (χ0v) is 13.2. The number of carbonyl (C=O) groups excluding carboxylic acids is 1. The molecule has 1 unspecified atom stereocenters. The molecule has 1 aliphatic heterocycles. The van der Waals surface area contributed by atoms with E-state index < -0.39 is 0 Å². The SMILES string of the molecule is CC(C)NC(=O)C(C)N1CCN(CCn2nccn2)CC1. The van der Waals surface area contributed by atoms with Crippen LogP contribution in [-0.2, 0) is 11.3 Å². The molecule has 1 aromatic rings. The fourth-order valence-electron chi connectivity index (χ4n) is 2.53. The fourth-order valence-corrected chi connectivity index (χ4v) is 2.53. The highest BCUT2D eigenvalue weighted by atomic mass is 16.2. The summed E-state index contributed by atoms with van der Waals surface area (Å²) in [5.74, 6) is 0.124. The Morgan fingerprint density at radius 2 is 1.71 bits per heavy atom. The third kappa shape index (κ3) is 4.78. The summed E-state index contributed by atoms with van der Waals surface area (Å²) in [6.07, 6.45) is 3.40. The molecule has 7 heteroatoms. The third-order valence-corrected chi connectivity index (χ3v) is 3.85. The van der Waals surface area contributed by atoms with Gasteiger partial charge < -0.3 is 5.32 Å². The number of aromatic nitrogens is 3. The van der Waals surface area contributed by atoms with Crippen LogP contribution in [0.25, 0.3) is 0 Å². The molecule has 1 aromatic heterocycles. The van der Waals surface area contributed by atoms with Crippen molar-refractivity contribution in [2.24, 2.45) is 0 Å². The van der Waals surface area contributed by atoms with Crippen LogP contribution in [0.4, 0.5) is 0 Å². The van der Waals surface area contributed by atoms with Gasteiger partial charge >= 0.3 is 0 Å². The van der Waals surface area contributed by atoms with Crippen LogP contribution in [0.15, 0.2) is 12.4 Å². The molecule has 118 valence electrons. The molecule has 1 fully saturated rings. The summed E-state index contributed by atoms with van der Waals surface area (Å²) < 4.78 is 0. The average molecular weight is 294 g/mol. The smallest absolute Gasteiger partial charge is 0.237 e. The first-order valence-electron chi connectivity index (χ1n) is 7.67. The Balaban J connectivity index is 1.71. The zero-order valence-electron chi connectivity index (χ0n) is 13.2. The van der Waals surface area contributed by atoms with Gasteiger partial charge in [-0.15, -0.1) is 0 Å². The lowest BCUT2D eigenvalue weighted by atomic mass is 10.2. The maximum Gasteiger partial charge on any atom is 0.237 e. The van der Waals surface area contributed by atoms with Gasteiger partial charge in [-0.2, -0.15) is 15.0 Å². The lowest BCUT2D eigenvalue weighted by molar-refractivity contribution is -0.127. The van der Waals surface area contributed by atoms with Crippen molar-refractivity contribution in [2.75, 3.05) is 32.7 Å². The molecule has 0 aromatic carbocycles. The number of rotatable bonds is 6. The first-order valence-corrected chi connectivity index (χ1v) is 7.67. The topological polar surface area (TPSA) is 66.3 Å². The molecule has 2 heterocycles. The van der Waals surface area contributed by atoms with Gasteiger partial charge in [-0.05, 0) is 20.8 Å². The van der Waals surface area contributed by atoms with Crippen LogP contribution in [0.3, 0.4) is 0 Å². The largest absolute Gasteiger partial charge is 0.353 e. The quantitative estimate of drug-likeness (QED) is 0.788. The van der Waals surface area contributed by atoms with Crippen molar-refractivity contribution in [1.82, 2.24) is 30.1 Å². The van der Waals surface area contributed by atoms with Crippen molar-refractivity contribution in [2.45, 2.75) is 39.4 Å². The first-order chi connectivity index (χ1) is 10.1. The van der Waals surface area contributed by atoms with Crippen molar-refractivity contribution in [1.29, 1.82) is 0 Å². The van der Waals surface area contributed by atoms with E-state index in [4.69, 9.17) is 0 Å². The lowest BCUT2D eigenvalue weighted by Crippen LogP contribution is -2.54. The van der Waals surface area contributed by atoms with Gasteiger partial charge in [0, 0.05) is 38.8 Å². The average Bonchev–Trinajstić information content (AvgIpc) is 2.97. The van der Waals surface area contributed by atoms with Crippen molar-refractivity contribution in [3.8, 4) is 0 Å². The summed E-state index contributed by atoms with van der Waals surface area (Å²) in [6, 6.07) is 0.144. The molecule has 0 saturated carbocycles. The van der Waals surface area contributed by atoms with E-state index in [1.807, 2.05) is 20.8 Å². The van der Waals surface area contributed by atoms with Crippen LogP contribution in [-0.4, -0.2) is 75.5 Å². The maximum absolute atomic E-state index is 12.0. The highest BCUT2D eigenvalue weighted by Gasteiger charge is 2.25. The lowest BCUT2D eigenvalue weighted by Gasteiger charge is -2.37. The Bertz CT molecular complexity index is 425. The highest BCUT2D eigenvalue weighted by Crippen LogP contribution is 2.07. The molecule has 7 nitrogen and oxygen atoms in total. The van der Waals surface area contributed by atoms with Gasteiger partial charge in [0.2, 0.25) is 5.91 Å². The van der Waals surface area contributed by atoms with E-state index in [2.05, 4.69) is 25.3 Å². The third-order valence-electron chi connectivity index (χ3n) is 3.85. The second kappa shape index (κ2) is 7.51. The maximum atomic E-state index is 12.0. The summed E-state index contributed by atoms with van der Waals surface area (Å²) in [5, 5.41) is 11.2. The minimum absolute atomic E-state index is 0.0534. The number of carbonyl (C=O) groups is 1. The van der Waals surface area contributed by atoms with Crippen molar-refractivity contribution < 1.29 is 4.79 Å². The standard InChI is InChI=1S/C14H26N6O/c1-12(2)17-14(21)13(3)19-9-6-18(7-10-19)8-11-20-15-4-5-16-20/h4-5,12-13H,6-11H2,1-3H3,(H,17,21). The predicted molar refractivity (Wildman–Crippen MR) is 80.8 cm³/mol. The van der Waals surface area contributed by atoms with Gasteiger partial charge in [-0.1, -0.05) is 0 Å². The summed E-state index contributed by atoms with van der Waals surface area (Å²) in [5.41, 5.74) is 0. The summed E-state index contributed by atoms with van der Waals surface area (Å²) in [7, 11) is 0. The molecule has 0 spiro atoms. The molecule has 1 saturated heterocycles. The van der Waals surface area contributed by atoms with Crippen LogP contribution in [0, 0.1) is 0 Å². The van der Waals surface area contributed by atoms with Gasteiger partial charge in [0.25, 0.3) is 0 Å². The number of amides is 1. The van der Waals surface area contributed by atoms with Crippen LogP contribution in [0.5, 0.6) is 0 Å². The van der Waals surface area contributed by atoms with Gasteiger partial charge in [0.05, 0.1) is 25.0 Å². The van der Waals surface area contributed by atoms with E-state index in [0.717, 1.165) is 39.3 Å². The van der Waals surface area contributed by atoms with Crippen LogP contribution >= 0.6 is 0 Å². The monoisotopic (exact) mass is 294 g/mol. The summed E-state index contributed by atoms with van der Waals surface area (Å²) in [4.78, 5) is 18.4. The molecule has 1 aliphatic rings. The summed E-state index contributed by atoms with van der Waals surface area (Å²) >= 11 is 0. The molecule has 1 atom stereocenters. The molecule has 2 rings (SSSR count). The number of hydrogen-bond acceptors (Lipinski definition) is 5.